The van der Waals surface area contributed by atoms with Crippen LogP contribution in [-0.2, 0) is 4.79 Å². The highest BCUT2D eigenvalue weighted by Crippen LogP contribution is 2.25. The Hall–Kier alpha value is -1.89. The summed E-state index contributed by atoms with van der Waals surface area (Å²) in [5.74, 6) is -1.34. The van der Waals surface area contributed by atoms with Crippen molar-refractivity contribution in [1.82, 2.24) is 4.98 Å². The van der Waals surface area contributed by atoms with Gasteiger partial charge in [-0.05, 0) is 12.3 Å². The molecule has 1 aromatic heterocycles. The van der Waals surface area contributed by atoms with E-state index in [9.17, 15) is 14.9 Å². The topological polar surface area (TPSA) is 105 Å². The number of aromatic nitrogens is 1. The highest BCUT2D eigenvalue weighted by molar-refractivity contribution is 6.30. The molecule has 0 spiro atoms. The lowest BCUT2D eigenvalue weighted by Crippen LogP contribution is -2.25. The number of pyridine rings is 1. The maximum Gasteiger partial charge on any atom is 0.312 e. The smallest absolute Gasteiger partial charge is 0.312 e. The van der Waals surface area contributed by atoms with Crippen LogP contribution in [-0.4, -0.2) is 27.5 Å². The summed E-state index contributed by atoms with van der Waals surface area (Å²) < 4.78 is 0. The average molecular weight is 302 g/mol. The molecule has 8 heteroatoms. The Labute approximate surface area is 121 Å². The fourth-order valence-electron chi connectivity index (χ4n) is 1.76. The van der Waals surface area contributed by atoms with E-state index in [4.69, 9.17) is 16.7 Å². The van der Waals surface area contributed by atoms with Crippen molar-refractivity contribution in [3.05, 3.63) is 27.4 Å². The third-order valence-corrected chi connectivity index (χ3v) is 2.86. The second-order valence-electron chi connectivity index (χ2n) is 4.82. The van der Waals surface area contributed by atoms with E-state index in [-0.39, 0.29) is 29.0 Å². The monoisotopic (exact) mass is 301 g/mol. The van der Waals surface area contributed by atoms with Crippen molar-refractivity contribution < 1.29 is 14.8 Å². The van der Waals surface area contributed by atoms with Crippen LogP contribution >= 0.6 is 11.6 Å². The molecule has 1 heterocycles. The molecule has 1 aromatic rings. The van der Waals surface area contributed by atoms with E-state index in [0.717, 1.165) is 0 Å². The number of nitrogens with one attached hydrogen (secondary N) is 1. The summed E-state index contributed by atoms with van der Waals surface area (Å²) >= 11 is 5.65. The molecule has 0 saturated heterocycles. The third kappa shape index (κ3) is 4.65. The van der Waals surface area contributed by atoms with Crippen LogP contribution in [0.15, 0.2) is 12.3 Å². The number of aliphatic carboxylic acids is 1. The van der Waals surface area contributed by atoms with Crippen molar-refractivity contribution in [1.29, 1.82) is 0 Å². The first-order valence-corrected chi connectivity index (χ1v) is 6.45. The minimum Gasteiger partial charge on any atom is -0.481 e. The second-order valence-corrected chi connectivity index (χ2v) is 5.26. The van der Waals surface area contributed by atoms with Gasteiger partial charge in [0.15, 0.2) is 0 Å². The van der Waals surface area contributed by atoms with Crippen molar-refractivity contribution in [2.45, 2.75) is 20.3 Å². The van der Waals surface area contributed by atoms with Crippen LogP contribution in [0.1, 0.15) is 20.3 Å². The molecule has 0 saturated carbocycles. The van der Waals surface area contributed by atoms with Gasteiger partial charge in [0, 0.05) is 18.8 Å². The van der Waals surface area contributed by atoms with E-state index < -0.39 is 16.8 Å². The fourth-order valence-corrected chi connectivity index (χ4v) is 1.92. The first-order chi connectivity index (χ1) is 9.31. The minimum absolute atomic E-state index is 0.0226. The molecule has 20 heavy (non-hydrogen) atoms. The molecule has 2 N–H and O–H groups in total. The van der Waals surface area contributed by atoms with Gasteiger partial charge in [0.25, 0.3) is 0 Å². The maximum atomic E-state index is 11.1. The Balaban J connectivity index is 2.82. The van der Waals surface area contributed by atoms with E-state index in [1.807, 2.05) is 13.8 Å². The average Bonchev–Trinajstić information content (AvgIpc) is 2.34. The number of hydrogen-bond acceptors (Lipinski definition) is 5. The Bertz CT molecular complexity index is 507. The first kappa shape index (κ1) is 16.2. The molecule has 0 amide bonds. The Morgan fingerprint density at radius 3 is 2.75 bits per heavy atom. The highest BCUT2D eigenvalue weighted by atomic mass is 35.5. The van der Waals surface area contributed by atoms with Gasteiger partial charge < -0.3 is 10.4 Å². The van der Waals surface area contributed by atoms with Crippen LogP contribution in [0.4, 0.5) is 11.5 Å². The molecule has 0 aliphatic carbocycles. The molecule has 0 bridgehead atoms. The summed E-state index contributed by atoms with van der Waals surface area (Å²) in [6.45, 7) is 3.90. The molecule has 0 radical (unpaired) electrons. The zero-order valence-electron chi connectivity index (χ0n) is 11.2. The molecule has 1 atom stereocenters. The van der Waals surface area contributed by atoms with Gasteiger partial charge in [-0.15, -0.1) is 0 Å². The number of halogens is 1. The molecule has 1 rings (SSSR count). The predicted octanol–water partition coefficient (Wildman–Crippen LogP) is 2.80. The van der Waals surface area contributed by atoms with E-state index in [2.05, 4.69) is 10.3 Å². The number of anilines is 1. The molecule has 0 aliphatic rings. The van der Waals surface area contributed by atoms with Gasteiger partial charge >= 0.3 is 11.7 Å². The summed E-state index contributed by atoms with van der Waals surface area (Å²) in [5.41, 5.74) is -0.272. The van der Waals surface area contributed by atoms with E-state index in [1.165, 1.54) is 12.3 Å². The van der Waals surface area contributed by atoms with Crippen molar-refractivity contribution in [2.24, 2.45) is 11.8 Å². The van der Waals surface area contributed by atoms with Crippen molar-refractivity contribution >= 4 is 29.1 Å². The first-order valence-electron chi connectivity index (χ1n) is 6.07. The number of nitrogens with zero attached hydrogens (tertiary/aromatic N) is 2. The van der Waals surface area contributed by atoms with Crippen LogP contribution in [0, 0.1) is 22.0 Å². The number of carbonyl (C=O) groups is 1. The third-order valence-electron chi connectivity index (χ3n) is 2.65. The molecular weight excluding hydrogens is 286 g/mol. The number of carboxylic acid groups (broad SMARTS) is 1. The van der Waals surface area contributed by atoms with Gasteiger partial charge in [0.05, 0.1) is 15.9 Å². The number of carboxylic acids is 1. The number of hydrogen-bond donors (Lipinski definition) is 2. The van der Waals surface area contributed by atoms with Crippen molar-refractivity contribution in [3.8, 4) is 0 Å². The van der Waals surface area contributed by atoms with Gasteiger partial charge in [0.1, 0.15) is 0 Å². The molecule has 0 fully saturated rings. The molecule has 0 aromatic carbocycles. The maximum absolute atomic E-state index is 11.1. The Morgan fingerprint density at radius 2 is 2.25 bits per heavy atom. The summed E-state index contributed by atoms with van der Waals surface area (Å²) in [5, 5.41) is 22.9. The van der Waals surface area contributed by atoms with Crippen LogP contribution < -0.4 is 5.32 Å². The van der Waals surface area contributed by atoms with E-state index in [1.54, 1.807) is 0 Å². The zero-order chi connectivity index (χ0) is 15.3. The van der Waals surface area contributed by atoms with Gasteiger partial charge in [-0.3, -0.25) is 14.9 Å². The van der Waals surface area contributed by atoms with Gasteiger partial charge in [-0.2, -0.15) is 0 Å². The molecule has 0 aliphatic heterocycles. The molecule has 1 unspecified atom stereocenters. The lowest BCUT2D eigenvalue weighted by atomic mass is 9.97. The summed E-state index contributed by atoms with van der Waals surface area (Å²) in [7, 11) is 0. The molecule has 7 nitrogen and oxygen atoms in total. The van der Waals surface area contributed by atoms with Crippen LogP contribution in [0.2, 0.25) is 5.02 Å². The van der Waals surface area contributed by atoms with Crippen molar-refractivity contribution in [3.63, 3.8) is 0 Å². The summed E-state index contributed by atoms with van der Waals surface area (Å²) in [6.07, 6.45) is 1.75. The lowest BCUT2D eigenvalue weighted by Gasteiger charge is -2.15. The number of rotatable bonds is 7. The molecule has 110 valence electrons. The van der Waals surface area contributed by atoms with Gasteiger partial charge in [-0.1, -0.05) is 25.4 Å². The Morgan fingerprint density at radius 1 is 1.60 bits per heavy atom. The van der Waals surface area contributed by atoms with Crippen molar-refractivity contribution in [2.75, 3.05) is 11.9 Å². The van der Waals surface area contributed by atoms with Gasteiger partial charge in [0.2, 0.25) is 5.82 Å². The lowest BCUT2D eigenvalue weighted by molar-refractivity contribution is -0.384. The quantitative estimate of drug-likeness (QED) is 0.592. The second kappa shape index (κ2) is 7.04. The van der Waals surface area contributed by atoms with E-state index >= 15 is 0 Å². The Kier molecular flexibility index (Phi) is 5.69. The highest BCUT2D eigenvalue weighted by Gasteiger charge is 2.21. The standard InChI is InChI=1S/C12H16ClN3O4/c1-7(2)3-8(12(17)18)5-14-11-10(16(19)20)4-9(13)6-15-11/h4,6-8H,3,5H2,1-2H3,(H,14,15)(H,17,18). The SMILES string of the molecule is CC(C)CC(CNc1ncc(Cl)cc1[N+](=O)[O-])C(=O)O. The van der Waals surface area contributed by atoms with Crippen LogP contribution in [0.5, 0.6) is 0 Å². The normalized spacial score (nSPS) is 12.2. The van der Waals surface area contributed by atoms with Crippen LogP contribution in [0.3, 0.4) is 0 Å². The van der Waals surface area contributed by atoms with E-state index in [0.29, 0.717) is 6.42 Å². The predicted molar refractivity (Wildman–Crippen MR) is 75.0 cm³/mol. The van der Waals surface area contributed by atoms with Crippen LogP contribution in [0.25, 0.3) is 0 Å². The largest absolute Gasteiger partial charge is 0.481 e. The minimum atomic E-state index is -0.942. The number of nitro groups is 1. The summed E-state index contributed by atoms with van der Waals surface area (Å²) in [4.78, 5) is 25.2. The summed E-state index contributed by atoms with van der Waals surface area (Å²) in [6, 6.07) is 1.18. The molecular formula is C12H16ClN3O4. The van der Waals surface area contributed by atoms with Gasteiger partial charge in [-0.25, -0.2) is 4.98 Å². The fraction of sp³-hybridized carbons (Fsp3) is 0.500. The zero-order valence-corrected chi connectivity index (χ0v) is 11.9.